The Balaban J connectivity index is 1.95. The lowest BCUT2D eigenvalue weighted by atomic mass is 10.1. The van der Waals surface area contributed by atoms with Gasteiger partial charge in [-0.1, -0.05) is 0 Å². The van der Waals surface area contributed by atoms with Crippen LogP contribution in [-0.4, -0.2) is 46.9 Å². The first kappa shape index (κ1) is 13.0. The van der Waals surface area contributed by atoms with Crippen molar-refractivity contribution in [3.05, 3.63) is 18.0 Å². The van der Waals surface area contributed by atoms with E-state index in [-0.39, 0.29) is 12.0 Å². The van der Waals surface area contributed by atoms with Crippen LogP contribution in [0.1, 0.15) is 24.4 Å². The van der Waals surface area contributed by atoms with Crippen molar-refractivity contribution in [2.45, 2.75) is 25.0 Å². The second-order valence-electron chi connectivity index (χ2n) is 4.69. The van der Waals surface area contributed by atoms with E-state index in [9.17, 15) is 4.79 Å². The Kier molecular flexibility index (Phi) is 3.98. The minimum atomic E-state index is -0.613. The first-order valence-electron chi connectivity index (χ1n) is 6.17. The number of carbonyl (C=O) groups is 1. The molecule has 6 nitrogen and oxygen atoms in total. The molecule has 2 N–H and O–H groups in total. The second kappa shape index (κ2) is 5.49. The summed E-state index contributed by atoms with van der Waals surface area (Å²) in [6, 6.07) is -0.613. The zero-order valence-electron chi connectivity index (χ0n) is 10.9. The van der Waals surface area contributed by atoms with Gasteiger partial charge in [0.2, 0.25) is 5.91 Å². The molecular formula is C12H20N4O2. The predicted octanol–water partition coefficient (Wildman–Crippen LogP) is 0.0573. The highest BCUT2D eigenvalue weighted by Crippen LogP contribution is 2.18. The maximum absolute atomic E-state index is 12.2. The normalized spacial score (nSPS) is 18.9. The Morgan fingerprint density at radius 3 is 2.72 bits per heavy atom. The summed E-state index contributed by atoms with van der Waals surface area (Å²) in [4.78, 5) is 14.0. The molecule has 1 aliphatic heterocycles. The Hall–Kier alpha value is -1.40. The number of nitrogens with two attached hydrogens (primary N) is 1. The van der Waals surface area contributed by atoms with Crippen LogP contribution in [0.4, 0.5) is 0 Å². The van der Waals surface area contributed by atoms with E-state index in [4.69, 9.17) is 10.5 Å². The summed E-state index contributed by atoms with van der Waals surface area (Å²) in [5.41, 5.74) is 6.73. The highest BCUT2D eigenvalue weighted by atomic mass is 16.5. The maximum Gasteiger partial charge on any atom is 0.244 e. The molecule has 2 heterocycles. The van der Waals surface area contributed by atoms with E-state index in [2.05, 4.69) is 5.10 Å². The lowest BCUT2D eigenvalue weighted by Crippen LogP contribution is -2.44. The number of hydrogen-bond donors (Lipinski definition) is 1. The molecule has 1 fully saturated rings. The van der Waals surface area contributed by atoms with E-state index in [1.807, 2.05) is 11.9 Å². The first-order chi connectivity index (χ1) is 8.61. The van der Waals surface area contributed by atoms with Crippen molar-refractivity contribution in [3.63, 3.8) is 0 Å². The highest BCUT2D eigenvalue weighted by molar-refractivity contribution is 5.83. The van der Waals surface area contributed by atoms with Gasteiger partial charge in [-0.05, 0) is 12.8 Å². The van der Waals surface area contributed by atoms with Crippen LogP contribution in [0.15, 0.2) is 12.4 Å². The number of rotatable bonds is 3. The summed E-state index contributed by atoms with van der Waals surface area (Å²) >= 11 is 0. The fourth-order valence-electron chi connectivity index (χ4n) is 2.25. The van der Waals surface area contributed by atoms with Crippen LogP contribution in [0.2, 0.25) is 0 Å². The third-order valence-electron chi connectivity index (χ3n) is 3.44. The molecule has 1 amide bonds. The predicted molar refractivity (Wildman–Crippen MR) is 66.7 cm³/mol. The quantitative estimate of drug-likeness (QED) is 0.825. The van der Waals surface area contributed by atoms with Gasteiger partial charge in [0, 0.05) is 39.0 Å². The standard InChI is InChI=1S/C12H20N4O2/c1-15-8-9(7-14-15)11(13)12(17)16-5-3-10(18-2)4-6-16/h7-8,10-11H,3-6,13H2,1-2H3. The molecule has 0 radical (unpaired) electrons. The number of amides is 1. The van der Waals surface area contributed by atoms with Crippen LogP contribution < -0.4 is 5.73 Å². The zero-order valence-corrected chi connectivity index (χ0v) is 10.9. The number of hydrogen-bond acceptors (Lipinski definition) is 4. The summed E-state index contributed by atoms with van der Waals surface area (Å²) in [6.07, 6.45) is 5.45. The average molecular weight is 252 g/mol. The lowest BCUT2D eigenvalue weighted by Gasteiger charge is -2.32. The molecule has 6 heteroatoms. The number of methoxy groups -OCH3 is 1. The Bertz CT molecular complexity index is 410. The van der Waals surface area contributed by atoms with Crippen LogP contribution in [0, 0.1) is 0 Å². The Morgan fingerprint density at radius 1 is 1.56 bits per heavy atom. The smallest absolute Gasteiger partial charge is 0.244 e. The second-order valence-corrected chi connectivity index (χ2v) is 4.69. The van der Waals surface area contributed by atoms with Crippen molar-refractivity contribution >= 4 is 5.91 Å². The molecule has 100 valence electrons. The number of nitrogens with zero attached hydrogens (tertiary/aromatic N) is 3. The van der Waals surface area contributed by atoms with E-state index >= 15 is 0 Å². The first-order valence-corrected chi connectivity index (χ1v) is 6.17. The molecule has 1 unspecified atom stereocenters. The van der Waals surface area contributed by atoms with E-state index in [1.54, 1.807) is 24.2 Å². The summed E-state index contributed by atoms with van der Waals surface area (Å²) < 4.78 is 6.94. The molecule has 0 aromatic carbocycles. The zero-order chi connectivity index (χ0) is 13.1. The van der Waals surface area contributed by atoms with Gasteiger partial charge in [0.25, 0.3) is 0 Å². The minimum absolute atomic E-state index is 0.0300. The molecule has 0 spiro atoms. The van der Waals surface area contributed by atoms with Gasteiger partial charge in [-0.3, -0.25) is 9.48 Å². The van der Waals surface area contributed by atoms with Crippen molar-refractivity contribution in [2.75, 3.05) is 20.2 Å². The fraction of sp³-hybridized carbons (Fsp3) is 0.667. The molecule has 18 heavy (non-hydrogen) atoms. The Morgan fingerprint density at radius 2 is 2.22 bits per heavy atom. The fourth-order valence-corrected chi connectivity index (χ4v) is 2.25. The molecule has 0 saturated carbocycles. The molecule has 1 saturated heterocycles. The molecule has 1 aromatic heterocycles. The number of piperidine rings is 1. The summed E-state index contributed by atoms with van der Waals surface area (Å²) in [5.74, 6) is -0.0300. The minimum Gasteiger partial charge on any atom is -0.381 e. The number of likely N-dealkylation sites (tertiary alicyclic amines) is 1. The van der Waals surface area contributed by atoms with Gasteiger partial charge in [0.1, 0.15) is 6.04 Å². The largest absolute Gasteiger partial charge is 0.381 e. The summed E-state index contributed by atoms with van der Waals surface area (Å²) in [6.45, 7) is 1.43. The van der Waals surface area contributed by atoms with Gasteiger partial charge in [-0.25, -0.2) is 0 Å². The van der Waals surface area contributed by atoms with E-state index < -0.39 is 6.04 Å². The van der Waals surface area contributed by atoms with E-state index in [0.717, 1.165) is 18.4 Å². The molecular weight excluding hydrogens is 232 g/mol. The number of ether oxygens (including phenoxy) is 1. The van der Waals surface area contributed by atoms with Crippen LogP contribution in [-0.2, 0) is 16.6 Å². The molecule has 2 rings (SSSR count). The van der Waals surface area contributed by atoms with Crippen molar-refractivity contribution in [2.24, 2.45) is 12.8 Å². The van der Waals surface area contributed by atoms with Gasteiger partial charge in [-0.15, -0.1) is 0 Å². The summed E-state index contributed by atoms with van der Waals surface area (Å²) in [5, 5.41) is 4.04. The van der Waals surface area contributed by atoms with Crippen LogP contribution >= 0.6 is 0 Å². The molecule has 1 atom stereocenters. The third kappa shape index (κ3) is 2.70. The third-order valence-corrected chi connectivity index (χ3v) is 3.44. The van der Waals surface area contributed by atoms with E-state index in [0.29, 0.717) is 13.1 Å². The lowest BCUT2D eigenvalue weighted by molar-refractivity contribution is -0.135. The molecule has 0 bridgehead atoms. The van der Waals surface area contributed by atoms with Gasteiger partial charge in [-0.2, -0.15) is 5.10 Å². The van der Waals surface area contributed by atoms with Gasteiger partial charge < -0.3 is 15.4 Å². The SMILES string of the molecule is COC1CCN(C(=O)C(N)c2cnn(C)c2)CC1. The number of aromatic nitrogens is 2. The van der Waals surface area contributed by atoms with Crippen LogP contribution in [0.3, 0.4) is 0 Å². The maximum atomic E-state index is 12.2. The van der Waals surface area contributed by atoms with Gasteiger partial charge >= 0.3 is 0 Å². The van der Waals surface area contributed by atoms with Crippen molar-refractivity contribution in [1.82, 2.24) is 14.7 Å². The molecule has 1 aliphatic rings. The van der Waals surface area contributed by atoms with Crippen molar-refractivity contribution in [3.8, 4) is 0 Å². The molecule has 0 aliphatic carbocycles. The highest BCUT2D eigenvalue weighted by Gasteiger charge is 2.27. The van der Waals surface area contributed by atoms with Gasteiger partial charge in [0.15, 0.2) is 0 Å². The number of aryl methyl sites for hydroxylation is 1. The topological polar surface area (TPSA) is 73.4 Å². The monoisotopic (exact) mass is 252 g/mol. The summed E-state index contributed by atoms with van der Waals surface area (Å²) in [7, 11) is 3.52. The van der Waals surface area contributed by atoms with Gasteiger partial charge in [0.05, 0.1) is 12.3 Å². The molecule has 1 aromatic rings. The van der Waals surface area contributed by atoms with Crippen LogP contribution in [0.25, 0.3) is 0 Å². The van der Waals surface area contributed by atoms with Crippen LogP contribution in [0.5, 0.6) is 0 Å². The Labute approximate surface area is 107 Å². The van der Waals surface area contributed by atoms with Crippen molar-refractivity contribution in [1.29, 1.82) is 0 Å². The number of carbonyl (C=O) groups excluding carboxylic acids is 1. The average Bonchev–Trinajstić information content (AvgIpc) is 2.84. The van der Waals surface area contributed by atoms with Crippen molar-refractivity contribution < 1.29 is 9.53 Å². The van der Waals surface area contributed by atoms with E-state index in [1.165, 1.54) is 0 Å².